The highest BCUT2D eigenvalue weighted by Crippen LogP contribution is 2.18. The molecule has 1 aliphatic rings. The molecule has 0 aliphatic carbocycles. The van der Waals surface area contributed by atoms with Crippen LogP contribution in [0.2, 0.25) is 0 Å². The third kappa shape index (κ3) is 3.61. The number of carbonyl (C=O) groups excluding carboxylic acids is 1. The second-order valence-corrected chi connectivity index (χ2v) is 5.47. The minimum absolute atomic E-state index is 0.0395. The van der Waals surface area contributed by atoms with Crippen LogP contribution in [0.25, 0.3) is 0 Å². The largest absolute Gasteiger partial charge is 0.477 e. The molecular weight excluding hydrogens is 306 g/mol. The fourth-order valence-electron chi connectivity index (χ4n) is 2.75. The van der Waals surface area contributed by atoms with E-state index in [4.69, 9.17) is 4.74 Å². The monoisotopic (exact) mass is 327 g/mol. The molecule has 24 heavy (non-hydrogen) atoms. The van der Waals surface area contributed by atoms with Crippen LogP contribution in [-0.4, -0.2) is 58.5 Å². The van der Waals surface area contributed by atoms with Crippen molar-refractivity contribution in [1.82, 2.24) is 19.9 Å². The van der Waals surface area contributed by atoms with E-state index in [2.05, 4.69) is 19.9 Å². The predicted octanol–water partition coefficient (Wildman–Crippen LogP) is 1.62. The molecule has 1 amide bonds. The van der Waals surface area contributed by atoms with Gasteiger partial charge in [0.2, 0.25) is 11.8 Å². The van der Waals surface area contributed by atoms with Gasteiger partial charge in [-0.05, 0) is 31.5 Å². The Morgan fingerprint density at radius 1 is 1.08 bits per heavy atom. The zero-order valence-electron chi connectivity index (χ0n) is 13.8. The average molecular weight is 327 g/mol. The molecule has 0 radical (unpaired) electrons. The average Bonchev–Trinajstić information content (AvgIpc) is 2.89. The van der Waals surface area contributed by atoms with Gasteiger partial charge in [-0.3, -0.25) is 4.79 Å². The van der Waals surface area contributed by atoms with Crippen molar-refractivity contribution in [2.45, 2.75) is 13.3 Å². The second kappa shape index (κ2) is 7.72. The Morgan fingerprint density at radius 3 is 2.67 bits per heavy atom. The minimum atomic E-state index is -0.0395. The first-order chi connectivity index (χ1) is 11.8. The zero-order valence-corrected chi connectivity index (χ0v) is 13.8. The van der Waals surface area contributed by atoms with Crippen LogP contribution >= 0.6 is 0 Å². The van der Waals surface area contributed by atoms with Crippen LogP contribution in [-0.2, 0) is 0 Å². The fraction of sp³-hybridized carbons (Fsp3) is 0.412. The number of hydrogen-bond donors (Lipinski definition) is 0. The van der Waals surface area contributed by atoms with Gasteiger partial charge in [-0.25, -0.2) is 15.0 Å². The van der Waals surface area contributed by atoms with Gasteiger partial charge < -0.3 is 14.5 Å². The number of nitrogens with zero attached hydrogens (tertiary/aromatic N) is 5. The number of pyridine rings is 1. The molecule has 126 valence electrons. The molecular formula is C17H21N5O2. The molecule has 0 spiro atoms. The van der Waals surface area contributed by atoms with E-state index in [0.29, 0.717) is 43.6 Å². The number of anilines is 1. The van der Waals surface area contributed by atoms with E-state index < -0.39 is 0 Å². The number of rotatable bonds is 4. The van der Waals surface area contributed by atoms with Crippen molar-refractivity contribution >= 4 is 11.9 Å². The van der Waals surface area contributed by atoms with Gasteiger partial charge in [-0.1, -0.05) is 0 Å². The Hall–Kier alpha value is -2.70. The van der Waals surface area contributed by atoms with Crippen molar-refractivity contribution in [2.75, 3.05) is 37.7 Å². The van der Waals surface area contributed by atoms with Crippen molar-refractivity contribution in [3.8, 4) is 5.88 Å². The summed E-state index contributed by atoms with van der Waals surface area (Å²) in [6.45, 7) is 5.22. The number of hydrogen-bond acceptors (Lipinski definition) is 6. The summed E-state index contributed by atoms with van der Waals surface area (Å²) in [7, 11) is 0. The van der Waals surface area contributed by atoms with E-state index in [1.54, 1.807) is 36.8 Å². The number of aromatic nitrogens is 3. The highest BCUT2D eigenvalue weighted by atomic mass is 16.5. The summed E-state index contributed by atoms with van der Waals surface area (Å²) in [5, 5.41) is 0. The van der Waals surface area contributed by atoms with E-state index in [-0.39, 0.29) is 5.91 Å². The van der Waals surface area contributed by atoms with Crippen molar-refractivity contribution < 1.29 is 9.53 Å². The Balaban J connectivity index is 1.71. The van der Waals surface area contributed by atoms with Crippen LogP contribution < -0.4 is 9.64 Å². The quantitative estimate of drug-likeness (QED) is 0.850. The van der Waals surface area contributed by atoms with Gasteiger partial charge >= 0.3 is 0 Å². The highest BCUT2D eigenvalue weighted by Gasteiger charge is 2.24. The molecule has 0 atom stereocenters. The van der Waals surface area contributed by atoms with Gasteiger partial charge in [0.1, 0.15) is 5.56 Å². The predicted molar refractivity (Wildman–Crippen MR) is 90.2 cm³/mol. The topological polar surface area (TPSA) is 71.5 Å². The molecule has 0 bridgehead atoms. The third-order valence-corrected chi connectivity index (χ3v) is 3.90. The zero-order chi connectivity index (χ0) is 16.8. The van der Waals surface area contributed by atoms with E-state index in [0.717, 1.165) is 13.0 Å². The van der Waals surface area contributed by atoms with Crippen LogP contribution in [0.5, 0.6) is 5.88 Å². The third-order valence-electron chi connectivity index (χ3n) is 3.90. The SMILES string of the molecule is CCOc1ncccc1C(=O)N1CCCN(c2ncccn2)CC1. The minimum Gasteiger partial charge on any atom is -0.477 e. The maximum Gasteiger partial charge on any atom is 0.259 e. The number of ether oxygens (including phenoxy) is 1. The first kappa shape index (κ1) is 16.2. The molecule has 2 aromatic heterocycles. The van der Waals surface area contributed by atoms with Crippen molar-refractivity contribution in [1.29, 1.82) is 0 Å². The van der Waals surface area contributed by atoms with Gasteiger partial charge in [0.15, 0.2) is 0 Å². The number of carbonyl (C=O) groups is 1. The lowest BCUT2D eigenvalue weighted by molar-refractivity contribution is 0.0762. The van der Waals surface area contributed by atoms with Gasteiger partial charge in [-0.15, -0.1) is 0 Å². The summed E-state index contributed by atoms with van der Waals surface area (Å²) in [6.07, 6.45) is 5.98. The first-order valence-corrected chi connectivity index (χ1v) is 8.18. The lowest BCUT2D eigenvalue weighted by Gasteiger charge is -2.22. The summed E-state index contributed by atoms with van der Waals surface area (Å²) in [4.78, 5) is 29.6. The van der Waals surface area contributed by atoms with Crippen LogP contribution in [0.3, 0.4) is 0 Å². The maximum atomic E-state index is 12.8. The first-order valence-electron chi connectivity index (χ1n) is 8.18. The molecule has 0 N–H and O–H groups in total. The second-order valence-electron chi connectivity index (χ2n) is 5.47. The molecule has 1 fully saturated rings. The van der Waals surface area contributed by atoms with E-state index >= 15 is 0 Å². The molecule has 0 saturated carbocycles. The van der Waals surface area contributed by atoms with E-state index in [9.17, 15) is 4.79 Å². The molecule has 1 saturated heterocycles. The van der Waals surface area contributed by atoms with Crippen LogP contribution in [0.15, 0.2) is 36.8 Å². The van der Waals surface area contributed by atoms with Crippen LogP contribution in [0, 0.1) is 0 Å². The molecule has 7 nitrogen and oxygen atoms in total. The smallest absolute Gasteiger partial charge is 0.259 e. The number of amides is 1. The van der Waals surface area contributed by atoms with Gasteiger partial charge in [0.25, 0.3) is 5.91 Å². The summed E-state index contributed by atoms with van der Waals surface area (Å²) in [5.41, 5.74) is 0.517. The van der Waals surface area contributed by atoms with Crippen LogP contribution in [0.1, 0.15) is 23.7 Å². The molecule has 0 aromatic carbocycles. The normalized spacial score (nSPS) is 15.0. The lowest BCUT2D eigenvalue weighted by atomic mass is 10.2. The molecule has 3 rings (SSSR count). The highest BCUT2D eigenvalue weighted by molar-refractivity contribution is 5.96. The summed E-state index contributed by atoms with van der Waals surface area (Å²) in [6, 6.07) is 5.33. The Kier molecular flexibility index (Phi) is 5.20. The maximum absolute atomic E-state index is 12.8. The summed E-state index contributed by atoms with van der Waals surface area (Å²) < 4.78 is 5.48. The molecule has 7 heteroatoms. The molecule has 2 aromatic rings. The van der Waals surface area contributed by atoms with Gasteiger partial charge in [-0.2, -0.15) is 0 Å². The van der Waals surface area contributed by atoms with Gasteiger partial charge in [0, 0.05) is 44.8 Å². The molecule has 3 heterocycles. The molecule has 0 unspecified atom stereocenters. The van der Waals surface area contributed by atoms with Crippen molar-refractivity contribution in [2.24, 2.45) is 0 Å². The standard InChI is InChI=1S/C17H21N5O2/c1-2-24-15-14(6-3-7-18-15)16(23)21-10-5-11-22(13-12-21)17-19-8-4-9-20-17/h3-4,6-9H,2,5,10-13H2,1H3. The van der Waals surface area contributed by atoms with Crippen LogP contribution in [0.4, 0.5) is 5.95 Å². The van der Waals surface area contributed by atoms with Crippen molar-refractivity contribution in [3.05, 3.63) is 42.4 Å². The van der Waals surface area contributed by atoms with Crippen molar-refractivity contribution in [3.63, 3.8) is 0 Å². The fourth-order valence-corrected chi connectivity index (χ4v) is 2.75. The van der Waals surface area contributed by atoms with E-state index in [1.807, 2.05) is 11.8 Å². The molecule has 1 aliphatic heterocycles. The van der Waals surface area contributed by atoms with Gasteiger partial charge in [0.05, 0.1) is 6.61 Å². The Bertz CT molecular complexity index is 680. The van der Waals surface area contributed by atoms with E-state index in [1.165, 1.54) is 0 Å². The lowest BCUT2D eigenvalue weighted by Crippen LogP contribution is -2.35. The summed E-state index contributed by atoms with van der Waals surface area (Å²) in [5.74, 6) is 1.07. The Morgan fingerprint density at radius 2 is 1.88 bits per heavy atom. The summed E-state index contributed by atoms with van der Waals surface area (Å²) >= 11 is 0. The Labute approximate surface area is 141 Å².